The third kappa shape index (κ3) is 2.00. The maximum Gasteiger partial charge on any atom is 0.344 e. The molecular weight excluding hydrogens is 215 g/mol. The van der Waals surface area contributed by atoms with Crippen molar-refractivity contribution in [2.24, 2.45) is 0 Å². The van der Waals surface area contributed by atoms with E-state index in [1.807, 2.05) is 0 Å². The minimum atomic E-state index is -3.10. The summed E-state index contributed by atoms with van der Waals surface area (Å²) in [4.78, 5) is 13.9. The Morgan fingerprint density at radius 2 is 2.20 bits per heavy atom. The van der Waals surface area contributed by atoms with E-state index in [9.17, 15) is 18.0 Å². The summed E-state index contributed by atoms with van der Waals surface area (Å²) in [7, 11) is 0.934. The Labute approximate surface area is 82.3 Å². The Hall–Kier alpha value is -1.79. The first-order valence-corrected chi connectivity index (χ1v) is 3.72. The van der Waals surface area contributed by atoms with Crippen molar-refractivity contribution >= 4 is 5.97 Å². The Balaban J connectivity index is 3.36. The van der Waals surface area contributed by atoms with Gasteiger partial charge in [0, 0.05) is 0 Å². The predicted molar refractivity (Wildman–Crippen MR) is 42.2 cm³/mol. The Morgan fingerprint density at radius 1 is 1.60 bits per heavy atom. The standard InChI is InChI=1S/C8H6F3NO3/c1-15-8(14)4-3(9)2-12-5(6(4)13)7(10)11/h2,7,13H,1H3. The maximum atomic E-state index is 13.0. The van der Waals surface area contributed by atoms with Crippen LogP contribution < -0.4 is 0 Å². The quantitative estimate of drug-likeness (QED) is 0.771. The first kappa shape index (κ1) is 11.3. The molecule has 0 aliphatic rings. The van der Waals surface area contributed by atoms with Gasteiger partial charge in [-0.25, -0.2) is 22.9 Å². The SMILES string of the molecule is COC(=O)c1c(F)cnc(C(F)F)c1O. The fourth-order valence-corrected chi connectivity index (χ4v) is 0.949. The number of carbonyl (C=O) groups is 1. The van der Waals surface area contributed by atoms with Crippen molar-refractivity contribution in [3.8, 4) is 5.75 Å². The van der Waals surface area contributed by atoms with Crippen LogP contribution >= 0.6 is 0 Å². The van der Waals surface area contributed by atoms with E-state index in [0.29, 0.717) is 6.20 Å². The third-order valence-corrected chi connectivity index (χ3v) is 1.63. The number of hydrogen-bond donors (Lipinski definition) is 1. The second-order valence-corrected chi connectivity index (χ2v) is 2.51. The van der Waals surface area contributed by atoms with Crippen LogP contribution in [0.3, 0.4) is 0 Å². The lowest BCUT2D eigenvalue weighted by atomic mass is 10.2. The molecule has 0 spiro atoms. The molecule has 15 heavy (non-hydrogen) atoms. The van der Waals surface area contributed by atoms with Gasteiger partial charge in [-0.1, -0.05) is 0 Å². The van der Waals surface area contributed by atoms with E-state index in [0.717, 1.165) is 7.11 Å². The van der Waals surface area contributed by atoms with Crippen LogP contribution in [-0.2, 0) is 4.74 Å². The summed E-state index contributed by atoms with van der Waals surface area (Å²) in [6.45, 7) is 0. The molecule has 0 radical (unpaired) electrons. The molecule has 0 unspecified atom stereocenters. The number of rotatable bonds is 2. The summed E-state index contributed by atoms with van der Waals surface area (Å²) in [5.74, 6) is -3.66. The van der Waals surface area contributed by atoms with Gasteiger partial charge >= 0.3 is 5.97 Å². The minimum absolute atomic E-state index is 0.424. The average Bonchev–Trinajstić information content (AvgIpc) is 2.16. The van der Waals surface area contributed by atoms with Gasteiger partial charge in [0.1, 0.15) is 11.3 Å². The van der Waals surface area contributed by atoms with Crippen LogP contribution in [0.1, 0.15) is 22.5 Å². The summed E-state index contributed by atoms with van der Waals surface area (Å²) in [6, 6.07) is 0. The van der Waals surface area contributed by atoms with Crippen molar-refractivity contribution in [3.63, 3.8) is 0 Å². The lowest BCUT2D eigenvalue weighted by Gasteiger charge is -2.07. The molecule has 0 aromatic carbocycles. The summed E-state index contributed by atoms with van der Waals surface area (Å²) >= 11 is 0. The molecule has 0 saturated heterocycles. The van der Waals surface area contributed by atoms with Crippen LogP contribution in [0.4, 0.5) is 13.2 Å². The molecule has 0 amide bonds. The van der Waals surface area contributed by atoms with E-state index in [4.69, 9.17) is 5.11 Å². The molecule has 0 aliphatic carbocycles. The van der Waals surface area contributed by atoms with E-state index in [2.05, 4.69) is 9.72 Å². The van der Waals surface area contributed by atoms with Gasteiger partial charge in [-0.15, -0.1) is 0 Å². The molecule has 82 valence electrons. The van der Waals surface area contributed by atoms with Gasteiger partial charge in [-0.05, 0) is 0 Å². The highest BCUT2D eigenvalue weighted by Gasteiger charge is 2.25. The molecule has 1 aromatic rings. The van der Waals surface area contributed by atoms with Crippen LogP contribution in [0.25, 0.3) is 0 Å². The first-order valence-electron chi connectivity index (χ1n) is 3.72. The summed E-state index contributed by atoms with van der Waals surface area (Å²) in [5, 5.41) is 9.16. The summed E-state index contributed by atoms with van der Waals surface area (Å²) in [5.41, 5.74) is -2.00. The average molecular weight is 221 g/mol. The fourth-order valence-electron chi connectivity index (χ4n) is 0.949. The fraction of sp³-hybridized carbons (Fsp3) is 0.250. The minimum Gasteiger partial charge on any atom is -0.505 e. The van der Waals surface area contributed by atoms with Gasteiger partial charge in [0.25, 0.3) is 6.43 Å². The van der Waals surface area contributed by atoms with Gasteiger partial charge in [0.2, 0.25) is 0 Å². The second-order valence-electron chi connectivity index (χ2n) is 2.51. The molecule has 7 heteroatoms. The van der Waals surface area contributed by atoms with Crippen molar-refractivity contribution in [1.82, 2.24) is 4.98 Å². The van der Waals surface area contributed by atoms with Crippen LogP contribution in [0.2, 0.25) is 0 Å². The largest absolute Gasteiger partial charge is 0.505 e. The van der Waals surface area contributed by atoms with Crippen molar-refractivity contribution in [3.05, 3.63) is 23.3 Å². The number of methoxy groups -OCH3 is 1. The Morgan fingerprint density at radius 3 is 2.67 bits per heavy atom. The summed E-state index contributed by atoms with van der Waals surface area (Å²) in [6.07, 6.45) is -2.68. The monoisotopic (exact) mass is 221 g/mol. The van der Waals surface area contributed by atoms with Crippen molar-refractivity contribution < 1.29 is 27.8 Å². The van der Waals surface area contributed by atoms with Gasteiger partial charge in [0.05, 0.1) is 13.3 Å². The van der Waals surface area contributed by atoms with Gasteiger partial charge in [-0.2, -0.15) is 0 Å². The molecule has 0 saturated carbocycles. The second kappa shape index (κ2) is 4.16. The normalized spacial score (nSPS) is 10.5. The number of esters is 1. The molecule has 1 aromatic heterocycles. The molecule has 1 heterocycles. The zero-order chi connectivity index (χ0) is 11.6. The Bertz CT molecular complexity index is 395. The number of nitrogens with zero attached hydrogens (tertiary/aromatic N) is 1. The topological polar surface area (TPSA) is 59.4 Å². The number of halogens is 3. The number of alkyl halides is 2. The molecule has 4 nitrogen and oxygen atoms in total. The van der Waals surface area contributed by atoms with Crippen LogP contribution in [0.5, 0.6) is 5.75 Å². The molecule has 0 fully saturated rings. The summed E-state index contributed by atoms with van der Waals surface area (Å²) < 4.78 is 41.5. The van der Waals surface area contributed by atoms with E-state index in [-0.39, 0.29) is 0 Å². The van der Waals surface area contributed by atoms with E-state index in [1.54, 1.807) is 0 Å². The van der Waals surface area contributed by atoms with E-state index in [1.165, 1.54) is 0 Å². The van der Waals surface area contributed by atoms with Crippen LogP contribution in [0, 0.1) is 5.82 Å². The number of aromatic nitrogens is 1. The van der Waals surface area contributed by atoms with Crippen LogP contribution in [0.15, 0.2) is 6.20 Å². The lowest BCUT2D eigenvalue weighted by Crippen LogP contribution is -2.08. The van der Waals surface area contributed by atoms with Gasteiger partial charge in [0.15, 0.2) is 11.6 Å². The molecule has 0 atom stereocenters. The maximum absolute atomic E-state index is 13.0. The number of aromatic hydroxyl groups is 1. The third-order valence-electron chi connectivity index (χ3n) is 1.63. The zero-order valence-electron chi connectivity index (χ0n) is 7.50. The molecular formula is C8H6F3NO3. The number of carbonyl (C=O) groups excluding carboxylic acids is 1. The molecule has 1 N–H and O–H groups in total. The first-order chi connectivity index (χ1) is 6.99. The number of ether oxygens (including phenoxy) is 1. The highest BCUT2D eigenvalue weighted by atomic mass is 19.3. The van der Waals surface area contributed by atoms with E-state index < -0.39 is 35.2 Å². The highest BCUT2D eigenvalue weighted by Crippen LogP contribution is 2.30. The van der Waals surface area contributed by atoms with E-state index >= 15 is 0 Å². The predicted octanol–water partition coefficient (Wildman–Crippen LogP) is 1.65. The van der Waals surface area contributed by atoms with Gasteiger partial charge in [-0.3, -0.25) is 0 Å². The Kier molecular flexibility index (Phi) is 3.13. The van der Waals surface area contributed by atoms with Crippen molar-refractivity contribution in [1.29, 1.82) is 0 Å². The smallest absolute Gasteiger partial charge is 0.344 e. The molecule has 0 bridgehead atoms. The number of pyridine rings is 1. The zero-order valence-corrected chi connectivity index (χ0v) is 7.50. The molecule has 1 rings (SSSR count). The van der Waals surface area contributed by atoms with Crippen molar-refractivity contribution in [2.75, 3.05) is 7.11 Å². The molecule has 0 aliphatic heterocycles. The van der Waals surface area contributed by atoms with Crippen LogP contribution in [-0.4, -0.2) is 23.2 Å². The van der Waals surface area contributed by atoms with Gasteiger partial charge < -0.3 is 9.84 Å². The highest BCUT2D eigenvalue weighted by molar-refractivity contribution is 5.92. The number of hydrogen-bond acceptors (Lipinski definition) is 4. The van der Waals surface area contributed by atoms with Crippen molar-refractivity contribution in [2.45, 2.75) is 6.43 Å². The lowest BCUT2D eigenvalue weighted by molar-refractivity contribution is 0.0590.